The van der Waals surface area contributed by atoms with Crippen molar-refractivity contribution in [2.75, 3.05) is 13.7 Å². The molecule has 0 radical (unpaired) electrons. The molecule has 1 atom stereocenters. The summed E-state index contributed by atoms with van der Waals surface area (Å²) in [6, 6.07) is 8.25. The smallest absolute Gasteiger partial charge is 0.144 e. The number of epoxide rings is 1. The van der Waals surface area contributed by atoms with Crippen LogP contribution in [0, 0.1) is 0 Å². The van der Waals surface area contributed by atoms with Crippen LogP contribution in [0.5, 0.6) is 5.75 Å². The summed E-state index contributed by atoms with van der Waals surface area (Å²) in [7, 11) is 1.73. The van der Waals surface area contributed by atoms with Crippen LogP contribution in [0.4, 0.5) is 0 Å². The molecule has 0 aromatic heterocycles. The summed E-state index contributed by atoms with van der Waals surface area (Å²) in [5, 5.41) is 0. The SMILES string of the molecule is COc1ccccc1C1([C@@]2(S)CO2)CCC1. The van der Waals surface area contributed by atoms with Crippen molar-refractivity contribution in [3.63, 3.8) is 0 Å². The van der Waals surface area contributed by atoms with Crippen molar-refractivity contribution >= 4 is 12.6 Å². The fourth-order valence-electron chi connectivity index (χ4n) is 2.79. The summed E-state index contributed by atoms with van der Waals surface area (Å²) in [4.78, 5) is -0.250. The molecule has 1 heterocycles. The van der Waals surface area contributed by atoms with E-state index in [1.165, 1.54) is 12.0 Å². The van der Waals surface area contributed by atoms with E-state index in [2.05, 4.69) is 12.1 Å². The Morgan fingerprint density at radius 1 is 1.31 bits per heavy atom. The van der Waals surface area contributed by atoms with Gasteiger partial charge < -0.3 is 9.47 Å². The minimum absolute atomic E-state index is 0.0721. The molecular weight excluding hydrogens is 220 g/mol. The van der Waals surface area contributed by atoms with Crippen molar-refractivity contribution in [1.29, 1.82) is 0 Å². The first-order valence-corrected chi connectivity index (χ1v) is 6.16. The number of hydrogen-bond acceptors (Lipinski definition) is 3. The maximum absolute atomic E-state index is 5.57. The molecule has 1 saturated heterocycles. The Labute approximate surface area is 101 Å². The van der Waals surface area contributed by atoms with Crippen molar-refractivity contribution in [1.82, 2.24) is 0 Å². The van der Waals surface area contributed by atoms with Gasteiger partial charge in [-0.05, 0) is 18.9 Å². The first kappa shape index (κ1) is 10.5. The van der Waals surface area contributed by atoms with Crippen LogP contribution in [0.15, 0.2) is 24.3 Å². The number of methoxy groups -OCH3 is 1. The van der Waals surface area contributed by atoms with Crippen molar-refractivity contribution in [2.24, 2.45) is 0 Å². The van der Waals surface area contributed by atoms with Crippen LogP contribution in [-0.4, -0.2) is 18.6 Å². The second kappa shape index (κ2) is 3.41. The van der Waals surface area contributed by atoms with Gasteiger partial charge in [0, 0.05) is 11.0 Å². The molecule has 1 aliphatic carbocycles. The lowest BCUT2D eigenvalue weighted by Gasteiger charge is -2.45. The largest absolute Gasteiger partial charge is 0.496 e. The number of thiol groups is 1. The zero-order valence-corrected chi connectivity index (χ0v) is 10.3. The topological polar surface area (TPSA) is 21.8 Å². The summed E-state index contributed by atoms with van der Waals surface area (Å²) in [6.07, 6.45) is 3.55. The Bertz CT molecular complexity index is 408. The minimum atomic E-state index is -0.250. The van der Waals surface area contributed by atoms with Gasteiger partial charge in [0.1, 0.15) is 10.7 Å². The van der Waals surface area contributed by atoms with Crippen molar-refractivity contribution in [3.05, 3.63) is 29.8 Å². The maximum Gasteiger partial charge on any atom is 0.144 e. The first-order chi connectivity index (χ1) is 7.72. The van der Waals surface area contributed by atoms with Crippen LogP contribution in [0.1, 0.15) is 24.8 Å². The van der Waals surface area contributed by atoms with E-state index in [-0.39, 0.29) is 10.3 Å². The molecule has 3 heteroatoms. The Kier molecular flexibility index (Phi) is 2.23. The molecule has 0 N–H and O–H groups in total. The van der Waals surface area contributed by atoms with Gasteiger partial charge >= 0.3 is 0 Å². The molecule has 0 amide bonds. The Morgan fingerprint density at radius 3 is 2.50 bits per heavy atom. The maximum atomic E-state index is 5.57. The molecule has 16 heavy (non-hydrogen) atoms. The molecule has 1 saturated carbocycles. The molecule has 2 nitrogen and oxygen atoms in total. The zero-order chi connectivity index (χ0) is 11.2. The van der Waals surface area contributed by atoms with Gasteiger partial charge in [-0.2, -0.15) is 0 Å². The second-order valence-corrected chi connectivity index (χ2v) is 5.43. The molecule has 0 unspecified atom stereocenters. The van der Waals surface area contributed by atoms with Gasteiger partial charge in [-0.25, -0.2) is 0 Å². The predicted octanol–water partition coefficient (Wildman–Crippen LogP) is 2.77. The Balaban J connectivity index is 2.07. The second-order valence-electron chi connectivity index (χ2n) is 4.71. The molecule has 3 rings (SSSR count). The van der Waals surface area contributed by atoms with Crippen LogP contribution < -0.4 is 4.74 Å². The number of para-hydroxylation sites is 1. The van der Waals surface area contributed by atoms with Gasteiger partial charge in [0.05, 0.1) is 13.7 Å². The molecule has 0 spiro atoms. The summed E-state index contributed by atoms with van der Waals surface area (Å²) < 4.78 is 11.0. The van der Waals surface area contributed by atoms with Crippen molar-refractivity contribution in [3.8, 4) is 5.75 Å². The van der Waals surface area contributed by atoms with Gasteiger partial charge in [-0.1, -0.05) is 24.6 Å². The van der Waals surface area contributed by atoms with Crippen molar-refractivity contribution < 1.29 is 9.47 Å². The number of hydrogen-bond donors (Lipinski definition) is 1. The highest BCUT2D eigenvalue weighted by molar-refractivity contribution is 7.82. The van der Waals surface area contributed by atoms with E-state index in [0.29, 0.717) is 0 Å². The monoisotopic (exact) mass is 236 g/mol. The van der Waals surface area contributed by atoms with E-state index in [1.807, 2.05) is 12.1 Å². The molecule has 2 fully saturated rings. The Hall–Kier alpha value is -0.670. The van der Waals surface area contributed by atoms with E-state index in [1.54, 1.807) is 7.11 Å². The van der Waals surface area contributed by atoms with Gasteiger partial charge in [-0.3, -0.25) is 0 Å². The number of ether oxygens (including phenoxy) is 2. The molecule has 1 aromatic carbocycles. The third-order valence-corrected chi connectivity index (χ3v) is 4.68. The molecule has 0 bridgehead atoms. The van der Waals surface area contributed by atoms with E-state index >= 15 is 0 Å². The minimum Gasteiger partial charge on any atom is -0.496 e. The summed E-state index contributed by atoms with van der Waals surface area (Å²) in [6.45, 7) is 0.758. The van der Waals surface area contributed by atoms with Gasteiger partial charge in [0.2, 0.25) is 0 Å². The zero-order valence-electron chi connectivity index (χ0n) is 9.40. The first-order valence-electron chi connectivity index (χ1n) is 5.72. The fraction of sp³-hybridized carbons (Fsp3) is 0.538. The van der Waals surface area contributed by atoms with Crippen LogP contribution in [-0.2, 0) is 10.2 Å². The lowest BCUT2D eigenvalue weighted by atomic mass is 9.62. The lowest BCUT2D eigenvalue weighted by Crippen LogP contribution is -2.45. The van der Waals surface area contributed by atoms with Gasteiger partial charge in [0.25, 0.3) is 0 Å². The Morgan fingerprint density at radius 2 is 2.00 bits per heavy atom. The van der Waals surface area contributed by atoms with E-state index in [0.717, 1.165) is 25.2 Å². The van der Waals surface area contributed by atoms with Crippen LogP contribution in [0.2, 0.25) is 0 Å². The van der Waals surface area contributed by atoms with Crippen LogP contribution in [0.25, 0.3) is 0 Å². The third-order valence-electron chi connectivity index (χ3n) is 4.00. The number of benzene rings is 1. The quantitative estimate of drug-likeness (QED) is 0.644. The van der Waals surface area contributed by atoms with E-state index < -0.39 is 0 Å². The number of rotatable bonds is 3. The highest BCUT2D eigenvalue weighted by atomic mass is 32.1. The standard InChI is InChI=1S/C13H16O2S/c1-14-11-6-3-2-5-10(11)12(7-4-8-12)13(16)9-15-13/h2-3,5-6,16H,4,7-9H2,1H3/t13-/m0/s1. The molecular formula is C13H16O2S. The molecule has 1 aromatic rings. The highest BCUT2D eigenvalue weighted by Crippen LogP contribution is 2.61. The van der Waals surface area contributed by atoms with Crippen molar-refractivity contribution in [2.45, 2.75) is 29.6 Å². The third kappa shape index (κ3) is 1.25. The van der Waals surface area contributed by atoms with E-state index in [4.69, 9.17) is 22.1 Å². The molecule has 86 valence electrons. The van der Waals surface area contributed by atoms with Crippen LogP contribution >= 0.6 is 12.6 Å². The summed E-state index contributed by atoms with van der Waals surface area (Å²) >= 11 is 4.70. The van der Waals surface area contributed by atoms with Crippen LogP contribution in [0.3, 0.4) is 0 Å². The lowest BCUT2D eigenvalue weighted by molar-refractivity contribution is 0.154. The predicted molar refractivity (Wildman–Crippen MR) is 66.2 cm³/mol. The van der Waals surface area contributed by atoms with Gasteiger partial charge in [0.15, 0.2) is 0 Å². The van der Waals surface area contributed by atoms with Gasteiger partial charge in [-0.15, -0.1) is 12.6 Å². The average Bonchev–Trinajstić information content (AvgIpc) is 2.96. The average molecular weight is 236 g/mol. The summed E-state index contributed by atoms with van der Waals surface area (Å²) in [5.74, 6) is 0.964. The fourth-order valence-corrected chi connectivity index (χ4v) is 3.19. The summed E-state index contributed by atoms with van der Waals surface area (Å²) in [5.41, 5.74) is 1.33. The molecule has 1 aliphatic heterocycles. The van der Waals surface area contributed by atoms with E-state index in [9.17, 15) is 0 Å². The normalized spacial score (nSPS) is 30.6. The molecule has 2 aliphatic rings. The highest BCUT2D eigenvalue weighted by Gasteiger charge is 2.63.